The Morgan fingerprint density at radius 3 is 2.29 bits per heavy atom. The van der Waals surface area contributed by atoms with Gasteiger partial charge in [0.05, 0.1) is 11.2 Å². The van der Waals surface area contributed by atoms with Crippen LogP contribution in [-0.4, -0.2) is 14.5 Å². The molecular formula is C36H21IrN3O-2. The van der Waals surface area contributed by atoms with E-state index in [-0.39, 0.29) is 20.1 Å². The molecule has 0 bridgehead atoms. The number of furan rings is 1. The quantitative estimate of drug-likeness (QED) is 0.161. The fraction of sp³-hybridized carbons (Fsp3) is 0. The molecule has 5 heterocycles. The number of para-hydroxylation sites is 2. The second kappa shape index (κ2) is 10.3. The maximum absolute atomic E-state index is 6.41. The van der Waals surface area contributed by atoms with E-state index in [2.05, 4.69) is 70.2 Å². The summed E-state index contributed by atoms with van der Waals surface area (Å²) in [4.78, 5) is 9.00. The Morgan fingerprint density at radius 2 is 1.44 bits per heavy atom. The summed E-state index contributed by atoms with van der Waals surface area (Å²) in [7, 11) is 0. The maximum Gasteiger partial charge on any atom is 0.135 e. The van der Waals surface area contributed by atoms with Crippen molar-refractivity contribution < 1.29 is 24.5 Å². The summed E-state index contributed by atoms with van der Waals surface area (Å²) in [6.45, 7) is 0. The number of fused-ring (bicyclic) bond motifs is 10. The predicted octanol–water partition coefficient (Wildman–Crippen LogP) is 8.92. The van der Waals surface area contributed by atoms with E-state index in [1.54, 1.807) is 6.20 Å². The van der Waals surface area contributed by atoms with Crippen molar-refractivity contribution in [3.63, 3.8) is 0 Å². The van der Waals surface area contributed by atoms with E-state index in [1.165, 1.54) is 10.8 Å². The van der Waals surface area contributed by atoms with Crippen LogP contribution in [0.15, 0.2) is 132 Å². The fourth-order valence-corrected chi connectivity index (χ4v) is 5.66. The molecule has 0 unspecified atom stereocenters. The molecule has 0 amide bonds. The number of aromatic nitrogens is 3. The molecule has 0 fully saturated rings. The van der Waals surface area contributed by atoms with Crippen molar-refractivity contribution in [2.24, 2.45) is 0 Å². The number of nitrogens with zero attached hydrogens (tertiary/aromatic N) is 3. The Hall–Kier alpha value is -4.83. The number of benzene rings is 4. The van der Waals surface area contributed by atoms with Crippen LogP contribution in [0.3, 0.4) is 0 Å². The molecule has 1 aliphatic heterocycles. The van der Waals surface area contributed by atoms with E-state index in [1.807, 2.05) is 72.9 Å². The minimum absolute atomic E-state index is 0. The SMILES string of the molecule is [Ir].[c-]1cccc2c1-c1nccc3c4ccccc4n(c13)-c1c-2oc2ccccc12.[c-]1ccccc1-c1ccccn1. The molecule has 9 rings (SSSR count). The van der Waals surface area contributed by atoms with Gasteiger partial charge in [-0.15, -0.1) is 65.7 Å². The van der Waals surface area contributed by atoms with Crippen LogP contribution in [0.1, 0.15) is 0 Å². The van der Waals surface area contributed by atoms with E-state index in [0.717, 1.165) is 61.5 Å². The predicted molar refractivity (Wildman–Crippen MR) is 160 cm³/mol. The zero-order valence-corrected chi connectivity index (χ0v) is 24.1. The summed E-state index contributed by atoms with van der Waals surface area (Å²) >= 11 is 0. The topological polar surface area (TPSA) is 43.9 Å². The summed E-state index contributed by atoms with van der Waals surface area (Å²) < 4.78 is 8.73. The molecule has 5 heteroatoms. The molecule has 4 aromatic heterocycles. The first-order chi connectivity index (χ1) is 19.9. The number of hydrogen-bond acceptors (Lipinski definition) is 3. The van der Waals surface area contributed by atoms with Crippen LogP contribution in [0.25, 0.3) is 72.3 Å². The van der Waals surface area contributed by atoms with Gasteiger partial charge >= 0.3 is 0 Å². The minimum Gasteiger partial charge on any atom is -0.464 e. The average molecular weight is 704 g/mol. The van der Waals surface area contributed by atoms with Crippen molar-refractivity contribution in [1.82, 2.24) is 14.5 Å². The summed E-state index contributed by atoms with van der Waals surface area (Å²) in [5.74, 6) is 0.869. The monoisotopic (exact) mass is 704 g/mol. The molecule has 8 aromatic rings. The van der Waals surface area contributed by atoms with Gasteiger partial charge in [0.1, 0.15) is 11.3 Å². The maximum atomic E-state index is 6.41. The summed E-state index contributed by atoms with van der Waals surface area (Å²) in [5.41, 5.74) is 9.20. The van der Waals surface area contributed by atoms with E-state index in [9.17, 15) is 0 Å². The van der Waals surface area contributed by atoms with Crippen molar-refractivity contribution in [1.29, 1.82) is 0 Å². The Morgan fingerprint density at radius 1 is 0.634 bits per heavy atom. The van der Waals surface area contributed by atoms with Crippen molar-refractivity contribution >= 4 is 32.8 Å². The average Bonchev–Trinajstić information content (AvgIpc) is 3.54. The molecule has 0 aliphatic carbocycles. The second-order valence-corrected chi connectivity index (χ2v) is 9.63. The number of hydrogen-bond donors (Lipinski definition) is 0. The molecule has 0 saturated carbocycles. The largest absolute Gasteiger partial charge is 0.464 e. The minimum atomic E-state index is 0. The normalized spacial score (nSPS) is 11.2. The molecule has 0 atom stereocenters. The Bertz CT molecular complexity index is 2130. The zero-order valence-electron chi connectivity index (χ0n) is 21.7. The van der Waals surface area contributed by atoms with Gasteiger partial charge in [-0.1, -0.05) is 48.0 Å². The third-order valence-electron chi connectivity index (χ3n) is 7.36. The zero-order chi connectivity index (χ0) is 26.5. The van der Waals surface area contributed by atoms with Gasteiger partial charge in [-0.05, 0) is 36.0 Å². The molecule has 0 spiro atoms. The van der Waals surface area contributed by atoms with E-state index >= 15 is 0 Å². The molecular weight excluding hydrogens is 683 g/mol. The van der Waals surface area contributed by atoms with Crippen LogP contribution in [0.5, 0.6) is 0 Å². The van der Waals surface area contributed by atoms with E-state index in [0.29, 0.717) is 0 Å². The van der Waals surface area contributed by atoms with E-state index in [4.69, 9.17) is 9.40 Å². The second-order valence-electron chi connectivity index (χ2n) is 9.63. The van der Waals surface area contributed by atoms with Crippen LogP contribution in [-0.2, 0) is 20.1 Å². The Balaban J connectivity index is 0.000000180. The van der Waals surface area contributed by atoms with Gasteiger partial charge in [-0.25, -0.2) is 0 Å². The molecule has 4 aromatic carbocycles. The fourth-order valence-electron chi connectivity index (χ4n) is 5.66. The number of rotatable bonds is 1. The van der Waals surface area contributed by atoms with Crippen LogP contribution < -0.4 is 0 Å². The third kappa shape index (κ3) is 4.02. The van der Waals surface area contributed by atoms with Crippen LogP contribution in [0, 0.1) is 12.1 Å². The molecule has 197 valence electrons. The third-order valence-corrected chi connectivity index (χ3v) is 7.36. The van der Waals surface area contributed by atoms with Crippen molar-refractivity contribution in [3.8, 4) is 39.5 Å². The van der Waals surface area contributed by atoms with Gasteiger partial charge in [-0.3, -0.25) is 0 Å². The molecule has 4 nitrogen and oxygen atoms in total. The summed E-state index contributed by atoms with van der Waals surface area (Å²) in [6, 6.07) is 45.2. The van der Waals surface area contributed by atoms with Crippen LogP contribution in [0.2, 0.25) is 0 Å². The van der Waals surface area contributed by atoms with Crippen LogP contribution in [0.4, 0.5) is 0 Å². The molecule has 1 radical (unpaired) electrons. The van der Waals surface area contributed by atoms with Gasteiger partial charge < -0.3 is 19.0 Å². The van der Waals surface area contributed by atoms with Crippen LogP contribution >= 0.6 is 0 Å². The van der Waals surface area contributed by atoms with Crippen molar-refractivity contribution in [2.75, 3.05) is 0 Å². The van der Waals surface area contributed by atoms with Gasteiger partial charge in [0, 0.05) is 59.9 Å². The molecule has 0 N–H and O–H groups in total. The van der Waals surface area contributed by atoms with Gasteiger partial charge in [0.2, 0.25) is 0 Å². The first-order valence-corrected chi connectivity index (χ1v) is 13.2. The van der Waals surface area contributed by atoms with Gasteiger partial charge in [-0.2, -0.15) is 0 Å². The first kappa shape index (κ1) is 25.2. The standard InChI is InChI=1S/C25H13N2O.C11H8N.Ir/c1-2-9-18-16(8-1)22-23-17(13-14-26-22)15-7-3-5-11-20(15)27(23)24-19-10-4-6-12-21(19)28-25(18)24;1-2-6-10(7-3-1)11-8-4-5-9-12-11;/h1-7,9-14H;1-6,8-9H;/q2*-1;. The molecule has 41 heavy (non-hydrogen) atoms. The molecule has 1 aliphatic rings. The van der Waals surface area contributed by atoms with Crippen molar-refractivity contribution in [2.45, 2.75) is 0 Å². The van der Waals surface area contributed by atoms with Crippen molar-refractivity contribution in [3.05, 3.63) is 140 Å². The van der Waals surface area contributed by atoms with E-state index < -0.39 is 0 Å². The number of pyridine rings is 2. The summed E-state index contributed by atoms with van der Waals surface area (Å²) in [5, 5.41) is 3.52. The first-order valence-electron chi connectivity index (χ1n) is 13.2. The Labute approximate surface area is 250 Å². The Kier molecular flexibility index (Phi) is 6.31. The van der Waals surface area contributed by atoms with Gasteiger partial charge in [0.25, 0.3) is 0 Å². The summed E-state index contributed by atoms with van der Waals surface area (Å²) in [6.07, 6.45) is 3.68. The van der Waals surface area contributed by atoms with Gasteiger partial charge in [0.15, 0.2) is 0 Å². The molecule has 0 saturated heterocycles. The smallest absolute Gasteiger partial charge is 0.135 e.